The van der Waals surface area contributed by atoms with Crippen molar-refractivity contribution in [3.05, 3.63) is 53.9 Å². The van der Waals surface area contributed by atoms with E-state index in [1.54, 1.807) is 0 Å². The minimum atomic E-state index is -4.50. The Hall–Kier alpha value is -2.18. The van der Waals surface area contributed by atoms with Crippen molar-refractivity contribution in [2.75, 3.05) is 5.32 Å². The van der Waals surface area contributed by atoms with Crippen LogP contribution in [0.25, 0.3) is 0 Å². The number of hydrogen-bond donors (Lipinski definition) is 1. The molecular formula is C12H9F4N3. The van der Waals surface area contributed by atoms with Crippen molar-refractivity contribution in [2.24, 2.45) is 0 Å². The molecule has 100 valence electrons. The van der Waals surface area contributed by atoms with E-state index in [0.717, 1.165) is 12.1 Å². The number of benzene rings is 1. The Morgan fingerprint density at radius 2 is 1.79 bits per heavy atom. The highest BCUT2D eigenvalue weighted by Gasteiger charge is 2.31. The molecule has 0 aliphatic heterocycles. The zero-order valence-corrected chi connectivity index (χ0v) is 9.58. The van der Waals surface area contributed by atoms with E-state index in [0.29, 0.717) is 11.6 Å². The van der Waals surface area contributed by atoms with Crippen molar-refractivity contribution in [1.29, 1.82) is 0 Å². The fraction of sp³-hybridized carbons (Fsp3) is 0.167. The topological polar surface area (TPSA) is 37.8 Å². The molecule has 2 rings (SSSR count). The van der Waals surface area contributed by atoms with Gasteiger partial charge in [-0.1, -0.05) is 0 Å². The molecule has 0 atom stereocenters. The summed E-state index contributed by atoms with van der Waals surface area (Å²) < 4.78 is 50.9. The van der Waals surface area contributed by atoms with E-state index in [1.807, 2.05) is 0 Å². The highest BCUT2D eigenvalue weighted by molar-refractivity contribution is 5.48. The predicted molar refractivity (Wildman–Crippen MR) is 60.8 cm³/mol. The molecule has 1 heterocycles. The molecular weight excluding hydrogens is 262 g/mol. The van der Waals surface area contributed by atoms with Gasteiger partial charge in [0, 0.05) is 24.5 Å². The van der Waals surface area contributed by atoms with E-state index in [-0.39, 0.29) is 12.2 Å². The second kappa shape index (κ2) is 5.21. The van der Waals surface area contributed by atoms with Crippen molar-refractivity contribution in [3.8, 4) is 0 Å². The lowest BCUT2D eigenvalue weighted by Crippen LogP contribution is -2.08. The van der Waals surface area contributed by atoms with Gasteiger partial charge in [0.05, 0.1) is 11.3 Å². The van der Waals surface area contributed by atoms with Crippen molar-refractivity contribution >= 4 is 5.69 Å². The summed E-state index contributed by atoms with van der Waals surface area (Å²) in [6.07, 6.45) is -0.189. The Morgan fingerprint density at radius 1 is 1.11 bits per heavy atom. The van der Waals surface area contributed by atoms with E-state index in [9.17, 15) is 17.6 Å². The molecule has 0 amide bonds. The lowest BCUT2D eigenvalue weighted by molar-refractivity contribution is -0.137. The van der Waals surface area contributed by atoms with Crippen molar-refractivity contribution in [1.82, 2.24) is 9.97 Å². The van der Waals surface area contributed by atoms with Crippen LogP contribution in [0.15, 0.2) is 36.9 Å². The Bertz CT molecular complexity index is 555. The maximum absolute atomic E-state index is 13.4. The summed E-state index contributed by atoms with van der Waals surface area (Å²) >= 11 is 0. The minimum Gasteiger partial charge on any atom is -0.378 e. The zero-order chi connectivity index (χ0) is 13.9. The van der Waals surface area contributed by atoms with E-state index >= 15 is 0 Å². The van der Waals surface area contributed by atoms with Gasteiger partial charge in [0.25, 0.3) is 0 Å². The van der Waals surface area contributed by atoms with E-state index in [4.69, 9.17) is 0 Å². The van der Waals surface area contributed by atoms with Crippen LogP contribution >= 0.6 is 0 Å². The fourth-order valence-corrected chi connectivity index (χ4v) is 1.46. The third-order valence-corrected chi connectivity index (χ3v) is 2.39. The van der Waals surface area contributed by atoms with Gasteiger partial charge in [-0.3, -0.25) is 0 Å². The van der Waals surface area contributed by atoms with Gasteiger partial charge in [-0.25, -0.2) is 14.4 Å². The second-order valence-electron chi connectivity index (χ2n) is 3.79. The molecule has 0 spiro atoms. The van der Waals surface area contributed by atoms with Gasteiger partial charge in [0.15, 0.2) is 0 Å². The molecule has 2 aromatic rings. The Balaban J connectivity index is 2.16. The molecule has 0 saturated carbocycles. The van der Waals surface area contributed by atoms with Gasteiger partial charge in [-0.05, 0) is 18.2 Å². The second-order valence-corrected chi connectivity index (χ2v) is 3.79. The number of nitrogens with one attached hydrogen (secondary N) is 1. The molecule has 0 aliphatic carbocycles. The van der Waals surface area contributed by atoms with Crippen LogP contribution < -0.4 is 5.32 Å². The highest BCUT2D eigenvalue weighted by atomic mass is 19.4. The first kappa shape index (κ1) is 13.3. The molecule has 1 aromatic carbocycles. The van der Waals surface area contributed by atoms with Gasteiger partial charge in [-0.2, -0.15) is 13.2 Å². The summed E-state index contributed by atoms with van der Waals surface area (Å²) in [5.41, 5.74) is -0.473. The van der Waals surface area contributed by atoms with Crippen LogP contribution in [0, 0.1) is 5.82 Å². The number of anilines is 1. The quantitative estimate of drug-likeness (QED) is 0.871. The van der Waals surface area contributed by atoms with Crippen LogP contribution in [-0.2, 0) is 12.7 Å². The summed E-state index contributed by atoms with van der Waals surface area (Å²) in [5, 5.41) is 2.59. The SMILES string of the molecule is Fc1ccc(C(F)(F)F)cc1NCc1cncnc1. The van der Waals surface area contributed by atoms with Crippen LogP contribution in [0.3, 0.4) is 0 Å². The smallest absolute Gasteiger partial charge is 0.378 e. The monoisotopic (exact) mass is 271 g/mol. The van der Waals surface area contributed by atoms with Crippen LogP contribution in [0.5, 0.6) is 0 Å². The number of halogens is 4. The summed E-state index contributed by atoms with van der Waals surface area (Å²) in [6, 6.07) is 2.22. The first-order valence-corrected chi connectivity index (χ1v) is 5.31. The molecule has 0 saturated heterocycles. The molecule has 0 aliphatic rings. The van der Waals surface area contributed by atoms with Gasteiger partial charge < -0.3 is 5.32 Å². The van der Waals surface area contributed by atoms with Crippen molar-refractivity contribution in [2.45, 2.75) is 12.7 Å². The van der Waals surface area contributed by atoms with E-state index in [1.165, 1.54) is 18.7 Å². The minimum absolute atomic E-state index is 0.138. The van der Waals surface area contributed by atoms with Crippen LogP contribution in [-0.4, -0.2) is 9.97 Å². The normalized spacial score (nSPS) is 11.4. The average Bonchev–Trinajstić information content (AvgIpc) is 2.37. The predicted octanol–water partition coefficient (Wildman–Crippen LogP) is 3.25. The third-order valence-electron chi connectivity index (χ3n) is 2.39. The molecule has 0 bridgehead atoms. The molecule has 0 radical (unpaired) electrons. The van der Waals surface area contributed by atoms with Gasteiger partial charge >= 0.3 is 6.18 Å². The third kappa shape index (κ3) is 3.40. The lowest BCUT2D eigenvalue weighted by Gasteiger charge is -2.11. The number of rotatable bonds is 3. The first-order valence-electron chi connectivity index (χ1n) is 5.31. The van der Waals surface area contributed by atoms with E-state index < -0.39 is 17.6 Å². The molecule has 3 nitrogen and oxygen atoms in total. The number of hydrogen-bond acceptors (Lipinski definition) is 3. The number of nitrogens with zero attached hydrogens (tertiary/aromatic N) is 2. The lowest BCUT2D eigenvalue weighted by atomic mass is 10.2. The Labute approximate surface area is 106 Å². The van der Waals surface area contributed by atoms with Gasteiger partial charge in [-0.15, -0.1) is 0 Å². The Kier molecular flexibility index (Phi) is 3.64. The number of aromatic nitrogens is 2. The molecule has 0 unspecified atom stereocenters. The largest absolute Gasteiger partial charge is 0.416 e. The van der Waals surface area contributed by atoms with Crippen molar-refractivity contribution in [3.63, 3.8) is 0 Å². The van der Waals surface area contributed by atoms with Crippen LogP contribution in [0.4, 0.5) is 23.2 Å². The molecule has 1 N–H and O–H groups in total. The molecule has 7 heteroatoms. The van der Waals surface area contributed by atoms with Gasteiger partial charge in [0.1, 0.15) is 12.1 Å². The number of alkyl halides is 3. The van der Waals surface area contributed by atoms with Crippen molar-refractivity contribution < 1.29 is 17.6 Å². The maximum Gasteiger partial charge on any atom is 0.416 e. The average molecular weight is 271 g/mol. The fourth-order valence-electron chi connectivity index (χ4n) is 1.46. The summed E-state index contributed by atoms with van der Waals surface area (Å²) in [7, 11) is 0. The summed E-state index contributed by atoms with van der Waals surface area (Å²) in [6.45, 7) is 0.138. The first-order chi connectivity index (χ1) is 8.97. The van der Waals surface area contributed by atoms with Crippen LogP contribution in [0.2, 0.25) is 0 Å². The standard InChI is InChI=1S/C12H9F4N3/c13-10-2-1-9(12(14,15)16)3-11(10)19-6-8-4-17-7-18-5-8/h1-5,7,19H,6H2. The summed E-state index contributed by atoms with van der Waals surface area (Å²) in [4.78, 5) is 7.50. The molecule has 1 aromatic heterocycles. The van der Waals surface area contributed by atoms with Crippen LogP contribution in [0.1, 0.15) is 11.1 Å². The highest BCUT2D eigenvalue weighted by Crippen LogP contribution is 2.31. The summed E-state index contributed by atoms with van der Waals surface area (Å²) in [5.74, 6) is -0.746. The van der Waals surface area contributed by atoms with Gasteiger partial charge in [0.2, 0.25) is 0 Å². The van der Waals surface area contributed by atoms with E-state index in [2.05, 4.69) is 15.3 Å². The molecule has 19 heavy (non-hydrogen) atoms. The zero-order valence-electron chi connectivity index (χ0n) is 9.58. The maximum atomic E-state index is 13.4. The molecule has 0 fully saturated rings. The Morgan fingerprint density at radius 3 is 2.42 bits per heavy atom.